The summed E-state index contributed by atoms with van der Waals surface area (Å²) in [5.41, 5.74) is 1.37. The van der Waals surface area contributed by atoms with Crippen LogP contribution in [-0.2, 0) is 4.74 Å². The minimum atomic E-state index is 0.509. The number of methoxy groups -OCH3 is 1. The van der Waals surface area contributed by atoms with Crippen molar-refractivity contribution in [3.63, 3.8) is 0 Å². The van der Waals surface area contributed by atoms with E-state index in [2.05, 4.69) is 59.4 Å². The zero-order valence-corrected chi connectivity index (χ0v) is 12.5. The molecule has 0 aliphatic heterocycles. The molecule has 0 heterocycles. The van der Waals surface area contributed by atoms with E-state index < -0.39 is 0 Å². The second kappa shape index (κ2) is 7.85. The number of benzene rings is 1. The normalized spacial score (nSPS) is 13.0. The number of ether oxygens (including phenoxy) is 1. The van der Waals surface area contributed by atoms with Gasteiger partial charge in [-0.25, -0.2) is 0 Å². The Labute approximate surface area is 113 Å². The van der Waals surface area contributed by atoms with Crippen molar-refractivity contribution in [1.82, 2.24) is 5.32 Å². The van der Waals surface area contributed by atoms with E-state index in [-0.39, 0.29) is 0 Å². The molecule has 0 bridgehead atoms. The third-order valence-corrected chi connectivity index (χ3v) is 3.26. The van der Waals surface area contributed by atoms with E-state index in [1.54, 1.807) is 7.11 Å². The van der Waals surface area contributed by atoms with Gasteiger partial charge < -0.3 is 10.1 Å². The summed E-state index contributed by atoms with van der Waals surface area (Å²) in [4.78, 5) is 0. The van der Waals surface area contributed by atoms with Gasteiger partial charge in [0.2, 0.25) is 0 Å². The fourth-order valence-electron chi connectivity index (χ4n) is 1.79. The molecule has 0 aliphatic carbocycles. The fourth-order valence-corrected chi connectivity index (χ4v) is 2.20. The number of hydrogen-bond donors (Lipinski definition) is 1. The average molecular weight is 300 g/mol. The molecule has 0 fully saturated rings. The Kier molecular flexibility index (Phi) is 6.78. The van der Waals surface area contributed by atoms with Crippen LogP contribution < -0.4 is 5.32 Å². The molecule has 0 radical (unpaired) electrons. The molecule has 1 rings (SSSR count). The first kappa shape index (κ1) is 14.7. The van der Waals surface area contributed by atoms with E-state index in [0.717, 1.165) is 24.0 Å². The molecule has 1 aromatic carbocycles. The predicted molar refractivity (Wildman–Crippen MR) is 76.5 cm³/mol. The molecule has 0 saturated carbocycles. The third kappa shape index (κ3) is 5.66. The molecule has 96 valence electrons. The molecule has 0 aromatic heterocycles. The minimum absolute atomic E-state index is 0.509. The van der Waals surface area contributed by atoms with Crippen LogP contribution in [0.1, 0.15) is 31.7 Å². The highest BCUT2D eigenvalue weighted by molar-refractivity contribution is 9.10. The monoisotopic (exact) mass is 299 g/mol. The van der Waals surface area contributed by atoms with Crippen LogP contribution in [0.3, 0.4) is 0 Å². The average Bonchev–Trinajstić information content (AvgIpc) is 2.29. The summed E-state index contributed by atoms with van der Waals surface area (Å²) in [7, 11) is 1.76. The van der Waals surface area contributed by atoms with Crippen LogP contribution in [0.5, 0.6) is 0 Å². The summed E-state index contributed by atoms with van der Waals surface area (Å²) in [6, 6.07) is 9.06. The van der Waals surface area contributed by atoms with Crippen molar-refractivity contribution in [3.05, 3.63) is 34.3 Å². The molecule has 0 amide bonds. The Morgan fingerprint density at radius 1 is 1.35 bits per heavy atom. The van der Waals surface area contributed by atoms with E-state index in [9.17, 15) is 0 Å². The maximum atomic E-state index is 5.19. The fraction of sp³-hybridized carbons (Fsp3) is 0.571. The van der Waals surface area contributed by atoms with Gasteiger partial charge in [-0.2, -0.15) is 0 Å². The molecule has 1 N–H and O–H groups in total. The molecule has 1 atom stereocenters. The van der Waals surface area contributed by atoms with Gasteiger partial charge in [-0.05, 0) is 30.0 Å². The van der Waals surface area contributed by atoms with E-state index in [0.29, 0.717) is 12.0 Å². The van der Waals surface area contributed by atoms with Crippen molar-refractivity contribution in [2.45, 2.75) is 32.2 Å². The van der Waals surface area contributed by atoms with Crippen LogP contribution in [0.2, 0.25) is 0 Å². The Morgan fingerprint density at radius 2 is 2.12 bits per heavy atom. The molecule has 1 aromatic rings. The summed E-state index contributed by atoms with van der Waals surface area (Å²) in [6.45, 7) is 6.15. The van der Waals surface area contributed by atoms with Gasteiger partial charge >= 0.3 is 0 Å². The second-order valence-electron chi connectivity index (χ2n) is 4.60. The zero-order valence-electron chi connectivity index (χ0n) is 10.9. The molecule has 0 spiro atoms. The maximum absolute atomic E-state index is 5.19. The molecule has 2 nitrogen and oxygen atoms in total. The summed E-state index contributed by atoms with van der Waals surface area (Å²) < 4.78 is 6.33. The van der Waals surface area contributed by atoms with Crippen LogP contribution in [0, 0.1) is 0 Å². The Morgan fingerprint density at radius 3 is 2.71 bits per heavy atom. The number of rotatable bonds is 7. The smallest absolute Gasteiger partial charge is 0.0468 e. The second-order valence-corrected chi connectivity index (χ2v) is 5.51. The quantitative estimate of drug-likeness (QED) is 0.831. The highest BCUT2D eigenvalue weighted by atomic mass is 79.9. The lowest BCUT2D eigenvalue weighted by atomic mass is 9.96. The van der Waals surface area contributed by atoms with Crippen LogP contribution in [0.4, 0.5) is 0 Å². The van der Waals surface area contributed by atoms with E-state index in [4.69, 9.17) is 4.74 Å². The Balaban J connectivity index is 2.67. The first-order valence-electron chi connectivity index (χ1n) is 6.11. The first-order valence-corrected chi connectivity index (χ1v) is 6.90. The van der Waals surface area contributed by atoms with Gasteiger partial charge in [0.25, 0.3) is 0 Å². The zero-order chi connectivity index (χ0) is 12.7. The lowest BCUT2D eigenvalue weighted by Gasteiger charge is -2.19. The molecule has 17 heavy (non-hydrogen) atoms. The van der Waals surface area contributed by atoms with Crippen molar-refractivity contribution in [3.8, 4) is 0 Å². The van der Waals surface area contributed by atoms with Gasteiger partial charge in [0.15, 0.2) is 0 Å². The van der Waals surface area contributed by atoms with Crippen molar-refractivity contribution >= 4 is 15.9 Å². The topological polar surface area (TPSA) is 21.3 Å². The SMILES string of the molecule is COCCC(CNC(C)C)c1cccc(Br)c1. The summed E-state index contributed by atoms with van der Waals surface area (Å²) >= 11 is 3.53. The predicted octanol–water partition coefficient (Wildman–Crippen LogP) is 3.57. The lowest BCUT2D eigenvalue weighted by molar-refractivity contribution is 0.186. The maximum Gasteiger partial charge on any atom is 0.0468 e. The first-order chi connectivity index (χ1) is 8.13. The van der Waals surface area contributed by atoms with Gasteiger partial charge in [-0.3, -0.25) is 0 Å². The number of nitrogens with one attached hydrogen (secondary N) is 1. The van der Waals surface area contributed by atoms with Crippen molar-refractivity contribution in [1.29, 1.82) is 0 Å². The Hall–Kier alpha value is -0.380. The highest BCUT2D eigenvalue weighted by Crippen LogP contribution is 2.22. The van der Waals surface area contributed by atoms with E-state index in [1.807, 2.05) is 0 Å². The van der Waals surface area contributed by atoms with Gasteiger partial charge in [0, 0.05) is 30.8 Å². The standard InChI is InChI=1S/C14H22BrNO/c1-11(2)16-10-13(7-8-17-3)12-5-4-6-14(15)9-12/h4-6,9,11,13,16H,7-8,10H2,1-3H3. The van der Waals surface area contributed by atoms with Crippen LogP contribution in [0.25, 0.3) is 0 Å². The number of halogens is 1. The highest BCUT2D eigenvalue weighted by Gasteiger charge is 2.12. The minimum Gasteiger partial charge on any atom is -0.385 e. The van der Waals surface area contributed by atoms with Crippen LogP contribution >= 0.6 is 15.9 Å². The summed E-state index contributed by atoms with van der Waals surface area (Å²) in [5, 5.41) is 3.50. The van der Waals surface area contributed by atoms with Crippen molar-refractivity contribution in [2.75, 3.05) is 20.3 Å². The summed E-state index contributed by atoms with van der Waals surface area (Å²) in [5.74, 6) is 0.509. The molecule has 0 saturated heterocycles. The molecular formula is C14H22BrNO. The van der Waals surface area contributed by atoms with Crippen molar-refractivity contribution in [2.24, 2.45) is 0 Å². The lowest BCUT2D eigenvalue weighted by Crippen LogP contribution is -2.28. The van der Waals surface area contributed by atoms with Gasteiger partial charge in [0.05, 0.1) is 0 Å². The molecule has 0 aliphatic rings. The van der Waals surface area contributed by atoms with E-state index >= 15 is 0 Å². The summed E-state index contributed by atoms with van der Waals surface area (Å²) in [6.07, 6.45) is 1.05. The molecular weight excluding hydrogens is 278 g/mol. The molecule has 1 unspecified atom stereocenters. The Bertz CT molecular complexity index is 328. The van der Waals surface area contributed by atoms with Crippen LogP contribution in [-0.4, -0.2) is 26.3 Å². The van der Waals surface area contributed by atoms with E-state index in [1.165, 1.54) is 5.56 Å². The van der Waals surface area contributed by atoms with Gasteiger partial charge in [-0.1, -0.05) is 41.9 Å². The molecule has 3 heteroatoms. The largest absolute Gasteiger partial charge is 0.385 e. The van der Waals surface area contributed by atoms with Gasteiger partial charge in [0.1, 0.15) is 0 Å². The third-order valence-electron chi connectivity index (χ3n) is 2.76. The van der Waals surface area contributed by atoms with Crippen LogP contribution in [0.15, 0.2) is 28.7 Å². The van der Waals surface area contributed by atoms with Gasteiger partial charge in [-0.15, -0.1) is 0 Å². The number of hydrogen-bond acceptors (Lipinski definition) is 2. The van der Waals surface area contributed by atoms with Crippen molar-refractivity contribution < 1.29 is 4.74 Å².